The highest BCUT2D eigenvalue weighted by Gasteiger charge is 2.27. The Kier molecular flexibility index (Phi) is 2.57. The minimum absolute atomic E-state index is 0.523. The number of aromatic nitrogens is 1. The van der Waals surface area contributed by atoms with Crippen molar-refractivity contribution in [1.29, 1.82) is 0 Å². The van der Waals surface area contributed by atoms with Crippen LogP contribution in [0, 0.1) is 5.92 Å². The molecule has 76 valence electrons. The van der Waals surface area contributed by atoms with Crippen molar-refractivity contribution in [2.75, 3.05) is 12.4 Å². The second-order valence-electron chi connectivity index (χ2n) is 3.84. The Morgan fingerprint density at radius 2 is 2.29 bits per heavy atom. The summed E-state index contributed by atoms with van der Waals surface area (Å²) in [4.78, 5) is 4.31. The first kappa shape index (κ1) is 9.31. The molecule has 0 radical (unpaired) electrons. The normalized spacial score (nSPS) is 17.6. The lowest BCUT2D eigenvalue weighted by molar-refractivity contribution is 0.398. The number of pyridine rings is 1. The molecular weight excluding hydrogens is 176 g/mol. The third kappa shape index (κ3) is 2.16. The molecule has 1 atom stereocenters. The minimum atomic E-state index is 0.523. The second-order valence-corrected chi connectivity index (χ2v) is 3.84. The van der Waals surface area contributed by atoms with Crippen LogP contribution in [0.2, 0.25) is 0 Å². The fraction of sp³-hybridized carbons (Fsp3) is 0.545. The van der Waals surface area contributed by atoms with Crippen LogP contribution in [0.5, 0.6) is 5.88 Å². The van der Waals surface area contributed by atoms with Crippen molar-refractivity contribution in [2.24, 2.45) is 5.92 Å². The van der Waals surface area contributed by atoms with Gasteiger partial charge in [0.1, 0.15) is 5.82 Å². The number of rotatable bonds is 4. The zero-order valence-electron chi connectivity index (χ0n) is 8.66. The summed E-state index contributed by atoms with van der Waals surface area (Å²) in [6.45, 7) is 2.21. The first-order chi connectivity index (χ1) is 6.79. The zero-order chi connectivity index (χ0) is 9.97. The van der Waals surface area contributed by atoms with Gasteiger partial charge >= 0.3 is 0 Å². The lowest BCUT2D eigenvalue weighted by atomic mass is 10.2. The van der Waals surface area contributed by atoms with E-state index in [9.17, 15) is 0 Å². The number of nitrogens with zero attached hydrogens (tertiary/aromatic N) is 1. The largest absolute Gasteiger partial charge is 0.481 e. The number of hydrogen-bond acceptors (Lipinski definition) is 3. The highest BCUT2D eigenvalue weighted by molar-refractivity contribution is 5.38. The Bertz CT molecular complexity index is 310. The molecule has 0 amide bonds. The van der Waals surface area contributed by atoms with E-state index < -0.39 is 0 Å². The lowest BCUT2D eigenvalue weighted by Gasteiger charge is -2.13. The maximum absolute atomic E-state index is 5.06. The molecule has 1 fully saturated rings. The molecule has 3 nitrogen and oxygen atoms in total. The summed E-state index contributed by atoms with van der Waals surface area (Å²) in [5.41, 5.74) is 0. The molecule has 1 N–H and O–H groups in total. The Balaban J connectivity index is 2.00. The molecule has 0 spiro atoms. The molecule has 1 unspecified atom stereocenters. The first-order valence-corrected chi connectivity index (χ1v) is 5.07. The van der Waals surface area contributed by atoms with Crippen LogP contribution in [-0.4, -0.2) is 18.1 Å². The van der Waals surface area contributed by atoms with Crippen molar-refractivity contribution in [3.05, 3.63) is 18.2 Å². The lowest BCUT2D eigenvalue weighted by Crippen LogP contribution is -2.18. The molecule has 1 aliphatic carbocycles. The van der Waals surface area contributed by atoms with Crippen molar-refractivity contribution in [2.45, 2.75) is 25.8 Å². The Labute approximate surface area is 84.5 Å². The third-order valence-electron chi connectivity index (χ3n) is 2.64. The molecule has 1 aromatic heterocycles. The molecule has 0 saturated heterocycles. The third-order valence-corrected chi connectivity index (χ3v) is 2.64. The molecular formula is C11H16N2O. The van der Waals surface area contributed by atoms with Crippen LogP contribution in [0.4, 0.5) is 5.82 Å². The van der Waals surface area contributed by atoms with Crippen molar-refractivity contribution in [3.63, 3.8) is 0 Å². The SMILES string of the molecule is COc1cccc(NC(C)C2CC2)n1. The summed E-state index contributed by atoms with van der Waals surface area (Å²) in [5.74, 6) is 2.41. The van der Waals surface area contributed by atoms with E-state index in [1.54, 1.807) is 7.11 Å². The first-order valence-electron chi connectivity index (χ1n) is 5.07. The fourth-order valence-electron chi connectivity index (χ4n) is 1.56. The molecule has 14 heavy (non-hydrogen) atoms. The van der Waals surface area contributed by atoms with Gasteiger partial charge in [0.05, 0.1) is 7.11 Å². The maximum atomic E-state index is 5.06. The van der Waals surface area contributed by atoms with Gasteiger partial charge in [0.15, 0.2) is 0 Å². The van der Waals surface area contributed by atoms with Gasteiger partial charge in [-0.3, -0.25) is 0 Å². The topological polar surface area (TPSA) is 34.1 Å². The molecule has 0 aliphatic heterocycles. The van der Waals surface area contributed by atoms with Crippen LogP contribution in [0.1, 0.15) is 19.8 Å². The predicted molar refractivity (Wildman–Crippen MR) is 56.6 cm³/mol. The highest BCUT2D eigenvalue weighted by atomic mass is 16.5. The molecule has 1 saturated carbocycles. The average Bonchev–Trinajstić information content (AvgIpc) is 3.01. The van der Waals surface area contributed by atoms with Gasteiger partial charge in [-0.25, -0.2) is 0 Å². The van der Waals surface area contributed by atoms with Crippen LogP contribution < -0.4 is 10.1 Å². The number of nitrogens with one attached hydrogen (secondary N) is 1. The molecule has 0 bridgehead atoms. The quantitative estimate of drug-likeness (QED) is 0.794. The summed E-state index contributed by atoms with van der Waals surface area (Å²) in [5, 5.41) is 3.39. The summed E-state index contributed by atoms with van der Waals surface area (Å²) in [6, 6.07) is 6.30. The van der Waals surface area contributed by atoms with Gasteiger partial charge in [-0.1, -0.05) is 6.07 Å². The van der Waals surface area contributed by atoms with E-state index in [4.69, 9.17) is 4.74 Å². The van der Waals surface area contributed by atoms with Gasteiger partial charge in [-0.05, 0) is 31.7 Å². The van der Waals surface area contributed by atoms with E-state index >= 15 is 0 Å². The molecule has 0 aromatic carbocycles. The Morgan fingerprint density at radius 1 is 1.50 bits per heavy atom. The van der Waals surface area contributed by atoms with Crippen molar-refractivity contribution in [1.82, 2.24) is 4.98 Å². The number of ether oxygens (including phenoxy) is 1. The minimum Gasteiger partial charge on any atom is -0.481 e. The van der Waals surface area contributed by atoms with Crippen LogP contribution in [0.25, 0.3) is 0 Å². The number of anilines is 1. The van der Waals surface area contributed by atoms with E-state index in [0.29, 0.717) is 11.9 Å². The van der Waals surface area contributed by atoms with Gasteiger partial charge in [0.2, 0.25) is 5.88 Å². The standard InChI is InChI=1S/C11H16N2O/c1-8(9-6-7-9)12-10-4-3-5-11(13-10)14-2/h3-5,8-9H,6-7H2,1-2H3,(H,12,13). The van der Waals surface area contributed by atoms with Gasteiger partial charge in [-0.2, -0.15) is 4.98 Å². The highest BCUT2D eigenvalue weighted by Crippen LogP contribution is 2.33. The summed E-state index contributed by atoms with van der Waals surface area (Å²) in [7, 11) is 1.64. The van der Waals surface area contributed by atoms with E-state index in [1.165, 1.54) is 12.8 Å². The Morgan fingerprint density at radius 3 is 2.93 bits per heavy atom. The Hall–Kier alpha value is -1.25. The van der Waals surface area contributed by atoms with E-state index in [2.05, 4.69) is 17.2 Å². The van der Waals surface area contributed by atoms with E-state index in [-0.39, 0.29) is 0 Å². The number of methoxy groups -OCH3 is 1. The van der Waals surface area contributed by atoms with Crippen molar-refractivity contribution in [3.8, 4) is 5.88 Å². The summed E-state index contributed by atoms with van der Waals surface area (Å²) < 4.78 is 5.06. The van der Waals surface area contributed by atoms with Gasteiger partial charge in [0.25, 0.3) is 0 Å². The fourth-order valence-corrected chi connectivity index (χ4v) is 1.56. The second kappa shape index (κ2) is 3.86. The maximum Gasteiger partial charge on any atom is 0.214 e. The molecule has 2 rings (SSSR count). The predicted octanol–water partition coefficient (Wildman–Crippen LogP) is 2.30. The molecule has 1 aliphatic rings. The summed E-state index contributed by atoms with van der Waals surface area (Å²) in [6.07, 6.45) is 2.69. The van der Waals surface area contributed by atoms with Crippen LogP contribution in [0.15, 0.2) is 18.2 Å². The van der Waals surface area contributed by atoms with Crippen LogP contribution >= 0.6 is 0 Å². The molecule has 1 heterocycles. The van der Waals surface area contributed by atoms with Crippen LogP contribution in [0.3, 0.4) is 0 Å². The van der Waals surface area contributed by atoms with E-state index in [0.717, 1.165) is 11.7 Å². The molecule has 3 heteroatoms. The van der Waals surface area contributed by atoms with E-state index in [1.807, 2.05) is 18.2 Å². The summed E-state index contributed by atoms with van der Waals surface area (Å²) >= 11 is 0. The van der Waals surface area contributed by atoms with Gasteiger partial charge in [-0.15, -0.1) is 0 Å². The smallest absolute Gasteiger partial charge is 0.214 e. The van der Waals surface area contributed by atoms with Crippen molar-refractivity contribution >= 4 is 5.82 Å². The van der Waals surface area contributed by atoms with Crippen molar-refractivity contribution < 1.29 is 4.74 Å². The monoisotopic (exact) mass is 192 g/mol. The average molecular weight is 192 g/mol. The molecule has 1 aromatic rings. The van der Waals surface area contributed by atoms with Gasteiger partial charge in [0, 0.05) is 12.1 Å². The van der Waals surface area contributed by atoms with Crippen LogP contribution in [-0.2, 0) is 0 Å². The van der Waals surface area contributed by atoms with Gasteiger partial charge < -0.3 is 10.1 Å². The number of hydrogen-bond donors (Lipinski definition) is 1. The zero-order valence-corrected chi connectivity index (χ0v) is 8.66.